The molecule has 6 aliphatic heterocycles. The smallest absolute Gasteiger partial charge is 0.339 e. The van der Waals surface area contributed by atoms with Gasteiger partial charge in [0.2, 0.25) is 23.0 Å². The van der Waals surface area contributed by atoms with E-state index >= 15 is 4.79 Å². The number of aliphatic hydroxyl groups is 1. The number of aromatic hydroxyl groups is 15. The van der Waals surface area contributed by atoms with Gasteiger partial charge in [-0.3, -0.25) is 0 Å². The first-order valence-electron chi connectivity index (χ1n) is 23.8. The molecule has 6 heterocycles. The Balaban J connectivity index is 1.17. The maximum atomic E-state index is 15.5. The molecule has 5 unspecified atom stereocenters. The highest BCUT2D eigenvalue weighted by Gasteiger charge is 2.54. The third-order valence-electron chi connectivity index (χ3n) is 14.4. The SMILES string of the molecule is O=C(OC1COC(=O)c2cc(O)c(O)c(O)c2-c2ccc3occ4c(ccc5occ2c3=c54)-c2c(cc(O)c(O)c2O)C(=O)OC1C1OC(=O)c2cc(O)c(O)c(O)c2-c2c(O)c(O)c(O)c3c2C(=O)OC1C3O)c1cc(O)c(O)c(O)c1. The minimum atomic E-state index is -2.91. The van der Waals surface area contributed by atoms with E-state index in [0.717, 1.165) is 12.5 Å². The van der Waals surface area contributed by atoms with Crippen LogP contribution in [0.1, 0.15) is 63.5 Å². The van der Waals surface area contributed by atoms with Crippen LogP contribution in [0.3, 0.4) is 0 Å². The van der Waals surface area contributed by atoms with Gasteiger partial charge in [-0.25, -0.2) is 24.0 Å². The van der Waals surface area contributed by atoms with Gasteiger partial charge in [-0.15, -0.1) is 0 Å². The summed E-state index contributed by atoms with van der Waals surface area (Å²) in [5, 5.41) is 178. The molecule has 0 aliphatic carbocycles. The number of phenols is 15. The van der Waals surface area contributed by atoms with Gasteiger partial charge in [-0.05, 0) is 65.7 Å². The van der Waals surface area contributed by atoms with E-state index < -0.39 is 209 Å². The quantitative estimate of drug-likeness (QED) is 0.0612. The van der Waals surface area contributed by atoms with Crippen LogP contribution in [0.2, 0.25) is 0 Å². The summed E-state index contributed by atoms with van der Waals surface area (Å²) in [7, 11) is 0. The highest BCUT2D eigenvalue weighted by Crippen LogP contribution is 2.58. The molecule has 0 saturated heterocycles. The number of esters is 5. The summed E-state index contributed by atoms with van der Waals surface area (Å²) in [5.74, 6) is -28.5. The molecule has 5 atom stereocenters. The zero-order valence-corrected chi connectivity index (χ0v) is 41.0. The van der Waals surface area contributed by atoms with Gasteiger partial charge in [0.1, 0.15) is 23.9 Å². The van der Waals surface area contributed by atoms with Crippen LogP contribution >= 0.6 is 0 Å². The van der Waals surface area contributed by atoms with E-state index in [4.69, 9.17) is 32.5 Å². The van der Waals surface area contributed by atoms with Crippen molar-refractivity contribution in [2.24, 2.45) is 0 Å². The van der Waals surface area contributed by atoms with E-state index in [-0.39, 0.29) is 43.5 Å². The van der Waals surface area contributed by atoms with Gasteiger partial charge in [0, 0.05) is 49.0 Å². The Hall–Kier alpha value is -11.8. The van der Waals surface area contributed by atoms with E-state index in [0.29, 0.717) is 30.3 Å². The van der Waals surface area contributed by atoms with Crippen molar-refractivity contribution in [3.05, 3.63) is 111 Å². The highest BCUT2D eigenvalue weighted by atomic mass is 16.6. The molecular weight excluding hydrogens is 1110 g/mol. The monoisotopic (exact) mass is 1140 g/mol. The fraction of sp³-hybridized carbons (Fsp3) is 0.109. The standard InChI is InChI=1S/C55H34O28/c56-21-5-13(6-22(57)37(21)61)51(72)80-28-12-79-52(73)16-7-23(58)38(62)41(65)29(16)14-1-3-26-31-19(14)10-77-27-4-2-15(20(11-78-26)32(27)31)30-17(8-24(59)39(63)42(30)66)53(74)81-48(28)50-49-46(70)36-35(55(76)82-49)34(44(68)47(71)45(36)69)33-18(54(75)83-50)9-25(60)40(64)43(33)67/h1-11,28,46,48-50,56-71H,12H2. The van der Waals surface area contributed by atoms with Crippen molar-refractivity contribution < 1.29 is 138 Å². The number of ether oxygens (including phenoxy) is 5. The number of hydrogen-bond acceptors (Lipinski definition) is 28. The molecular formula is C55H34O28. The predicted octanol–water partition coefficient (Wildman–Crippen LogP) is 5.22. The predicted molar refractivity (Wildman–Crippen MR) is 268 cm³/mol. The lowest BCUT2D eigenvalue weighted by atomic mass is 9.82. The molecule has 6 aliphatic rings. The minimum Gasteiger partial charge on any atom is -0.504 e. The molecule has 422 valence electrons. The highest BCUT2D eigenvalue weighted by molar-refractivity contribution is 6.11. The first-order valence-corrected chi connectivity index (χ1v) is 23.8. The zero-order valence-electron chi connectivity index (χ0n) is 41.0. The molecule has 10 bridgehead atoms. The van der Waals surface area contributed by atoms with Gasteiger partial charge in [0.15, 0.2) is 87.7 Å². The number of hydrogen-bond donors (Lipinski definition) is 16. The van der Waals surface area contributed by atoms with Gasteiger partial charge >= 0.3 is 29.8 Å². The first kappa shape index (κ1) is 51.9. The summed E-state index contributed by atoms with van der Waals surface area (Å²) in [6.45, 7) is -1.58. The Kier molecular flexibility index (Phi) is 11.3. The number of carbonyl (C=O) groups is 5. The number of fused-ring (bicyclic) bond motifs is 7. The molecule has 0 radical (unpaired) electrons. The Morgan fingerprint density at radius 3 is 1.37 bits per heavy atom. The third kappa shape index (κ3) is 7.46. The second-order valence-corrected chi connectivity index (χ2v) is 19.0. The van der Waals surface area contributed by atoms with Crippen LogP contribution in [0, 0.1) is 10.4 Å². The second kappa shape index (κ2) is 18.1. The molecule has 13 rings (SSSR count). The Morgan fingerprint density at radius 2 is 0.855 bits per heavy atom. The van der Waals surface area contributed by atoms with Gasteiger partial charge in [0.25, 0.3) is 0 Å². The van der Waals surface area contributed by atoms with Crippen molar-refractivity contribution in [1.29, 1.82) is 0 Å². The van der Waals surface area contributed by atoms with Crippen molar-refractivity contribution >= 4 is 51.8 Å². The minimum absolute atomic E-state index is 0.00923. The lowest BCUT2D eigenvalue weighted by molar-refractivity contribution is -0.154. The molecule has 83 heavy (non-hydrogen) atoms. The second-order valence-electron chi connectivity index (χ2n) is 19.0. The Morgan fingerprint density at radius 1 is 0.422 bits per heavy atom. The molecule has 28 nitrogen and oxygen atoms in total. The van der Waals surface area contributed by atoms with Crippen molar-refractivity contribution in [3.63, 3.8) is 0 Å². The normalized spacial score (nSPS) is 18.5. The average Bonchev–Trinajstić information content (AvgIpc) is 1.16. The summed E-state index contributed by atoms with van der Waals surface area (Å²) in [4.78, 5) is 74.1. The van der Waals surface area contributed by atoms with Crippen molar-refractivity contribution in [3.8, 4) is 120 Å². The van der Waals surface area contributed by atoms with Crippen LogP contribution in [-0.2, 0) is 23.7 Å². The molecule has 0 fully saturated rings. The lowest BCUT2D eigenvalue weighted by Crippen LogP contribution is -2.56. The van der Waals surface area contributed by atoms with Gasteiger partial charge in [0.05, 0.1) is 40.3 Å². The van der Waals surface area contributed by atoms with Gasteiger partial charge in [-0.1, -0.05) is 0 Å². The summed E-state index contributed by atoms with van der Waals surface area (Å²) in [5.41, 5.74) is -10.0. The zero-order chi connectivity index (χ0) is 59.3. The van der Waals surface area contributed by atoms with Gasteiger partial charge in [-0.2, -0.15) is 0 Å². The maximum absolute atomic E-state index is 15.5. The molecule has 28 heteroatoms. The van der Waals surface area contributed by atoms with E-state index in [9.17, 15) is 101 Å². The van der Waals surface area contributed by atoms with E-state index in [1.807, 2.05) is 0 Å². The van der Waals surface area contributed by atoms with Crippen LogP contribution in [0.15, 0.2) is 76.0 Å². The molecule has 0 saturated carbocycles. The number of benzene rings is 7. The molecule has 7 aromatic carbocycles. The fourth-order valence-corrected chi connectivity index (χ4v) is 10.6. The molecule has 7 aromatic rings. The fourth-order valence-electron chi connectivity index (χ4n) is 10.6. The van der Waals surface area contributed by atoms with Crippen molar-refractivity contribution in [2.45, 2.75) is 30.5 Å². The van der Waals surface area contributed by atoms with Gasteiger partial charge < -0.3 is 114 Å². The summed E-state index contributed by atoms with van der Waals surface area (Å²) < 4.78 is 41.0. The topological polar surface area (TPSA) is 481 Å². The van der Waals surface area contributed by atoms with Crippen LogP contribution < -0.4 is 0 Å². The summed E-state index contributed by atoms with van der Waals surface area (Å²) in [6.07, 6.45) is -11.7. The molecule has 0 amide bonds. The number of cyclic esters (lactones) is 2. The molecule has 0 spiro atoms. The van der Waals surface area contributed by atoms with Crippen LogP contribution in [0.25, 0.3) is 55.3 Å². The largest absolute Gasteiger partial charge is 0.504 e. The molecule has 0 aromatic heterocycles. The third-order valence-corrected chi connectivity index (χ3v) is 14.4. The van der Waals surface area contributed by atoms with Crippen LogP contribution in [0.4, 0.5) is 0 Å². The maximum Gasteiger partial charge on any atom is 0.339 e. The number of phenolic OH excluding ortho intramolecular Hbond substituents is 15. The number of rotatable bonds is 3. The summed E-state index contributed by atoms with van der Waals surface area (Å²) >= 11 is 0. The molecule has 16 N–H and O–H groups in total. The Bertz CT molecular complexity index is 4490. The average molecular weight is 1140 g/mol. The van der Waals surface area contributed by atoms with Crippen LogP contribution in [-0.4, -0.2) is 143 Å². The number of aliphatic hydroxyl groups excluding tert-OH is 1. The Labute approximate surface area is 456 Å². The van der Waals surface area contributed by atoms with E-state index in [1.165, 1.54) is 24.3 Å². The summed E-state index contributed by atoms with van der Waals surface area (Å²) in [6, 6.07) is 7.72. The first-order chi connectivity index (χ1) is 39.4. The van der Waals surface area contributed by atoms with Crippen LogP contribution in [0.5, 0.6) is 86.2 Å². The van der Waals surface area contributed by atoms with Crippen molar-refractivity contribution in [2.75, 3.05) is 6.61 Å². The van der Waals surface area contributed by atoms with E-state index in [2.05, 4.69) is 0 Å². The van der Waals surface area contributed by atoms with Crippen molar-refractivity contribution in [1.82, 2.24) is 0 Å². The number of carbonyl (C=O) groups excluding carboxylic acids is 5. The lowest BCUT2D eigenvalue weighted by Gasteiger charge is -2.41. The van der Waals surface area contributed by atoms with E-state index in [1.54, 1.807) is 0 Å².